The number of anilines is 3. The molecule has 0 aliphatic carbocycles. The Morgan fingerprint density at radius 1 is 1.28 bits per heavy atom. The van der Waals surface area contributed by atoms with E-state index in [9.17, 15) is 0 Å². The molecule has 1 heterocycles. The summed E-state index contributed by atoms with van der Waals surface area (Å²) in [5.41, 5.74) is 5.50. The predicted molar refractivity (Wildman–Crippen MR) is 76.7 cm³/mol. The van der Waals surface area contributed by atoms with Crippen LogP contribution in [0, 0.1) is 13.8 Å². The molecule has 5 nitrogen and oxygen atoms in total. The molecule has 2 rings (SSSR count). The fourth-order valence-corrected chi connectivity index (χ4v) is 1.87. The molecule has 2 aromatic rings. The van der Waals surface area contributed by atoms with Gasteiger partial charge in [0.05, 0.1) is 0 Å². The number of hydrogen-bond acceptors (Lipinski definition) is 5. The van der Waals surface area contributed by atoms with E-state index in [0.29, 0.717) is 5.95 Å². The van der Waals surface area contributed by atoms with Gasteiger partial charge >= 0.3 is 0 Å². The minimum atomic E-state index is 0.385. The van der Waals surface area contributed by atoms with Crippen LogP contribution in [0.5, 0.6) is 0 Å². The highest BCUT2D eigenvalue weighted by Gasteiger charge is 2.06. The number of benzene rings is 1. The smallest absolute Gasteiger partial charge is 0.239 e. The van der Waals surface area contributed by atoms with E-state index in [1.807, 2.05) is 32.0 Å². The van der Waals surface area contributed by atoms with Gasteiger partial charge in [0.2, 0.25) is 5.95 Å². The summed E-state index contributed by atoms with van der Waals surface area (Å²) in [5, 5.41) is 3.28. The van der Waals surface area contributed by atoms with Gasteiger partial charge in [-0.3, -0.25) is 5.43 Å². The number of nitrogens with one attached hydrogen (secondary N) is 2. The third kappa shape index (κ3) is 2.60. The SMILES string of the molecule is Cc1cnc(NN)nc1Nc1cccc(Br)c1C. The Labute approximate surface area is 114 Å². The standard InChI is InChI=1S/C12H14BrN5/c1-7-6-15-12(18-14)17-11(7)16-10-5-3-4-9(13)8(10)2/h3-6H,14H2,1-2H3,(H2,15,16,17,18). The van der Waals surface area contributed by atoms with Crippen LogP contribution in [-0.4, -0.2) is 9.97 Å². The van der Waals surface area contributed by atoms with Gasteiger partial charge in [0.15, 0.2) is 0 Å². The van der Waals surface area contributed by atoms with Crippen LogP contribution in [0.1, 0.15) is 11.1 Å². The van der Waals surface area contributed by atoms with Crippen molar-refractivity contribution in [1.29, 1.82) is 0 Å². The first-order chi connectivity index (χ1) is 8.61. The third-order valence-corrected chi connectivity index (χ3v) is 3.48. The van der Waals surface area contributed by atoms with Crippen LogP contribution in [0.4, 0.5) is 17.5 Å². The van der Waals surface area contributed by atoms with Crippen molar-refractivity contribution in [2.45, 2.75) is 13.8 Å². The lowest BCUT2D eigenvalue weighted by molar-refractivity contribution is 1.09. The van der Waals surface area contributed by atoms with Gasteiger partial charge in [-0.1, -0.05) is 22.0 Å². The van der Waals surface area contributed by atoms with E-state index in [4.69, 9.17) is 5.84 Å². The number of aryl methyl sites for hydroxylation is 1. The molecule has 0 unspecified atom stereocenters. The number of halogens is 1. The molecule has 4 N–H and O–H groups in total. The fraction of sp³-hybridized carbons (Fsp3) is 0.167. The zero-order chi connectivity index (χ0) is 13.1. The molecule has 0 saturated heterocycles. The fourth-order valence-electron chi connectivity index (χ4n) is 1.51. The van der Waals surface area contributed by atoms with Crippen molar-refractivity contribution in [2.24, 2.45) is 5.84 Å². The largest absolute Gasteiger partial charge is 0.340 e. The van der Waals surface area contributed by atoms with Gasteiger partial charge in [0, 0.05) is 21.9 Å². The second kappa shape index (κ2) is 5.32. The van der Waals surface area contributed by atoms with Gasteiger partial charge in [0.1, 0.15) is 5.82 Å². The molecule has 0 spiro atoms. The molecule has 1 aromatic carbocycles. The van der Waals surface area contributed by atoms with E-state index in [-0.39, 0.29) is 0 Å². The third-order valence-electron chi connectivity index (χ3n) is 2.62. The van der Waals surface area contributed by atoms with Crippen molar-refractivity contribution in [1.82, 2.24) is 9.97 Å². The van der Waals surface area contributed by atoms with Gasteiger partial charge in [0.25, 0.3) is 0 Å². The second-order valence-corrected chi connectivity index (χ2v) is 4.76. The molecular formula is C12H14BrN5. The molecule has 6 heteroatoms. The average molecular weight is 308 g/mol. The zero-order valence-electron chi connectivity index (χ0n) is 10.2. The number of rotatable bonds is 3. The molecule has 94 valence electrons. The van der Waals surface area contributed by atoms with E-state index >= 15 is 0 Å². The van der Waals surface area contributed by atoms with Gasteiger partial charge in [-0.05, 0) is 31.5 Å². The molecule has 0 aliphatic heterocycles. The van der Waals surface area contributed by atoms with E-state index < -0.39 is 0 Å². The zero-order valence-corrected chi connectivity index (χ0v) is 11.7. The molecule has 1 aromatic heterocycles. The molecule has 0 atom stereocenters. The summed E-state index contributed by atoms with van der Waals surface area (Å²) in [7, 11) is 0. The van der Waals surface area contributed by atoms with Crippen molar-refractivity contribution >= 4 is 33.4 Å². The lowest BCUT2D eigenvalue weighted by Gasteiger charge is -2.12. The van der Waals surface area contributed by atoms with Crippen LogP contribution in [-0.2, 0) is 0 Å². The van der Waals surface area contributed by atoms with Crippen molar-refractivity contribution in [3.05, 3.63) is 40.0 Å². The quantitative estimate of drug-likeness (QED) is 0.600. The Balaban J connectivity index is 2.36. The van der Waals surface area contributed by atoms with Crippen molar-refractivity contribution in [3.63, 3.8) is 0 Å². The maximum atomic E-state index is 5.31. The number of nitrogens with zero attached hydrogens (tertiary/aromatic N) is 2. The lowest BCUT2D eigenvalue weighted by atomic mass is 10.2. The highest BCUT2D eigenvalue weighted by Crippen LogP contribution is 2.27. The van der Waals surface area contributed by atoms with Crippen LogP contribution in [0.2, 0.25) is 0 Å². The van der Waals surface area contributed by atoms with Crippen LogP contribution in [0.3, 0.4) is 0 Å². The highest BCUT2D eigenvalue weighted by atomic mass is 79.9. The number of aromatic nitrogens is 2. The van der Waals surface area contributed by atoms with Gasteiger partial charge in [-0.2, -0.15) is 4.98 Å². The summed E-state index contributed by atoms with van der Waals surface area (Å²) >= 11 is 3.50. The molecule has 0 saturated carbocycles. The van der Waals surface area contributed by atoms with Gasteiger partial charge in [-0.25, -0.2) is 10.8 Å². The van der Waals surface area contributed by atoms with Crippen LogP contribution >= 0.6 is 15.9 Å². The molecule has 0 bridgehead atoms. The molecule has 0 radical (unpaired) electrons. The Bertz CT molecular complexity index is 570. The summed E-state index contributed by atoms with van der Waals surface area (Å²) in [6, 6.07) is 5.97. The van der Waals surface area contributed by atoms with Crippen molar-refractivity contribution in [3.8, 4) is 0 Å². The molecule has 0 fully saturated rings. The topological polar surface area (TPSA) is 75.9 Å². The Morgan fingerprint density at radius 3 is 2.78 bits per heavy atom. The van der Waals surface area contributed by atoms with E-state index in [0.717, 1.165) is 27.1 Å². The minimum absolute atomic E-state index is 0.385. The summed E-state index contributed by atoms with van der Waals surface area (Å²) in [4.78, 5) is 8.33. The second-order valence-electron chi connectivity index (χ2n) is 3.91. The van der Waals surface area contributed by atoms with Crippen molar-refractivity contribution < 1.29 is 0 Å². The van der Waals surface area contributed by atoms with Gasteiger partial charge in [-0.15, -0.1) is 0 Å². The number of nitrogen functional groups attached to an aromatic ring is 1. The minimum Gasteiger partial charge on any atom is -0.340 e. The number of hydrazine groups is 1. The Morgan fingerprint density at radius 2 is 2.06 bits per heavy atom. The molecule has 0 aliphatic rings. The van der Waals surface area contributed by atoms with Crippen LogP contribution in [0.15, 0.2) is 28.9 Å². The summed E-state index contributed by atoms with van der Waals surface area (Å²) < 4.78 is 1.05. The summed E-state index contributed by atoms with van der Waals surface area (Å²) in [6.07, 6.45) is 1.72. The van der Waals surface area contributed by atoms with Gasteiger partial charge < -0.3 is 5.32 Å². The normalized spacial score (nSPS) is 10.2. The first kappa shape index (κ1) is 12.8. The van der Waals surface area contributed by atoms with Crippen molar-refractivity contribution in [2.75, 3.05) is 10.7 Å². The lowest BCUT2D eigenvalue weighted by Crippen LogP contribution is -2.11. The number of nitrogens with two attached hydrogens (primary N) is 1. The Kier molecular flexibility index (Phi) is 3.78. The predicted octanol–water partition coefficient (Wildman–Crippen LogP) is 2.89. The molecule has 18 heavy (non-hydrogen) atoms. The van der Waals surface area contributed by atoms with Crippen LogP contribution < -0.4 is 16.6 Å². The highest BCUT2D eigenvalue weighted by molar-refractivity contribution is 9.10. The molecular weight excluding hydrogens is 294 g/mol. The summed E-state index contributed by atoms with van der Waals surface area (Å²) in [5.74, 6) is 6.43. The first-order valence-corrected chi connectivity index (χ1v) is 6.23. The maximum absolute atomic E-state index is 5.31. The first-order valence-electron chi connectivity index (χ1n) is 5.44. The van der Waals surface area contributed by atoms with Crippen LogP contribution in [0.25, 0.3) is 0 Å². The average Bonchev–Trinajstić information content (AvgIpc) is 2.37. The van der Waals surface area contributed by atoms with E-state index in [1.165, 1.54) is 0 Å². The monoisotopic (exact) mass is 307 g/mol. The Hall–Kier alpha value is -1.66. The molecule has 0 amide bonds. The number of hydrogen-bond donors (Lipinski definition) is 3. The van der Waals surface area contributed by atoms with E-state index in [1.54, 1.807) is 6.20 Å². The maximum Gasteiger partial charge on any atom is 0.239 e. The van der Waals surface area contributed by atoms with E-state index in [2.05, 4.69) is 36.6 Å². The summed E-state index contributed by atoms with van der Waals surface area (Å²) in [6.45, 7) is 3.97.